The maximum Gasteiger partial charge on any atom is 0.410 e. The highest BCUT2D eigenvalue weighted by Crippen LogP contribution is 2.29. The Morgan fingerprint density at radius 3 is 2.11 bits per heavy atom. The Labute approximate surface area is 199 Å². The van der Waals surface area contributed by atoms with Gasteiger partial charge < -0.3 is 40.1 Å². The van der Waals surface area contributed by atoms with Crippen LogP contribution in [0.25, 0.3) is 0 Å². The average Bonchev–Trinajstić information content (AvgIpc) is 2.76. The van der Waals surface area contributed by atoms with E-state index in [-0.39, 0.29) is 0 Å². The number of esters is 3. The second-order valence-corrected chi connectivity index (χ2v) is 7.37. The Bertz CT molecular complexity index is 942. The lowest BCUT2D eigenvalue weighted by atomic mass is 9.99. The molecule has 4 N–H and O–H groups in total. The van der Waals surface area contributed by atoms with Crippen LogP contribution < -0.4 is 16.4 Å². The van der Waals surface area contributed by atoms with Gasteiger partial charge in [-0.15, -0.1) is 0 Å². The molecule has 2 rings (SSSR count). The van der Waals surface area contributed by atoms with Crippen molar-refractivity contribution in [1.29, 1.82) is 0 Å². The fourth-order valence-electron chi connectivity index (χ4n) is 3.03. The van der Waals surface area contributed by atoms with Crippen molar-refractivity contribution in [1.82, 2.24) is 5.32 Å². The number of benzene rings is 1. The Hall–Kier alpha value is -3.94. The van der Waals surface area contributed by atoms with Gasteiger partial charge in [-0.3, -0.25) is 19.2 Å². The van der Waals surface area contributed by atoms with Gasteiger partial charge in [0.25, 0.3) is 0 Å². The van der Waals surface area contributed by atoms with E-state index in [2.05, 4.69) is 10.6 Å². The summed E-state index contributed by atoms with van der Waals surface area (Å²) in [6.45, 7) is 2.07. The number of carbonyl (C=O) groups is 5. The molecule has 1 aliphatic heterocycles. The molecule has 13 nitrogen and oxygen atoms in total. The third-order valence-electron chi connectivity index (χ3n) is 4.44. The molecule has 1 aliphatic rings. The van der Waals surface area contributed by atoms with E-state index in [9.17, 15) is 24.0 Å². The van der Waals surface area contributed by atoms with Crippen molar-refractivity contribution in [2.24, 2.45) is 0 Å². The van der Waals surface area contributed by atoms with Crippen LogP contribution in [0.2, 0.25) is 0 Å². The van der Waals surface area contributed by atoms with Gasteiger partial charge in [0.2, 0.25) is 18.4 Å². The second kappa shape index (κ2) is 12.5. The zero-order chi connectivity index (χ0) is 26.1. The van der Waals surface area contributed by atoms with E-state index in [0.717, 1.165) is 20.8 Å². The van der Waals surface area contributed by atoms with Crippen LogP contribution in [0.5, 0.6) is 0 Å². The molecule has 0 aliphatic carbocycles. The number of hydrogen-bond donors (Lipinski definition) is 3. The Morgan fingerprint density at radius 1 is 0.943 bits per heavy atom. The summed E-state index contributed by atoms with van der Waals surface area (Å²) in [7, 11) is 0. The molecule has 35 heavy (non-hydrogen) atoms. The Morgan fingerprint density at radius 2 is 1.54 bits per heavy atom. The highest BCUT2D eigenvalue weighted by molar-refractivity contribution is 5.93. The number of ether oxygens (including phenoxy) is 5. The third kappa shape index (κ3) is 8.73. The van der Waals surface area contributed by atoms with E-state index >= 15 is 4.39 Å². The minimum absolute atomic E-state index is 0.424. The molecule has 2 amide bonds. The summed E-state index contributed by atoms with van der Waals surface area (Å²) in [4.78, 5) is 58.4. The summed E-state index contributed by atoms with van der Waals surface area (Å²) in [5, 5.41) is 4.62. The van der Waals surface area contributed by atoms with Crippen molar-refractivity contribution >= 4 is 41.3 Å². The van der Waals surface area contributed by atoms with E-state index in [0.29, 0.717) is 11.4 Å². The zero-order valence-corrected chi connectivity index (χ0v) is 19.1. The highest BCUT2D eigenvalue weighted by Gasteiger charge is 2.52. The molecular formula is C21H26FN3O10. The fourth-order valence-corrected chi connectivity index (χ4v) is 3.03. The predicted octanol–water partition coefficient (Wildman–Crippen LogP) is 0.423. The van der Waals surface area contributed by atoms with Crippen molar-refractivity contribution in [3.05, 3.63) is 24.3 Å². The summed E-state index contributed by atoms with van der Waals surface area (Å²) in [6.07, 6.45) is -10.1. The number of alkyl carbamates (subject to hydrolysis) is 1. The SMILES string of the molecule is CC(=O)OC[C@H]1O[C@@H](OC(=O)NCC(=O)Nc2ccc(N)cc2)[C@H](F)[C@@H](OC(C)=O)[C@@H]1OC(C)=O. The number of anilines is 2. The van der Waals surface area contributed by atoms with Crippen LogP contribution in [0, 0.1) is 0 Å². The lowest BCUT2D eigenvalue weighted by Gasteiger charge is -2.41. The molecule has 0 spiro atoms. The number of halogens is 1. The van der Waals surface area contributed by atoms with Crippen molar-refractivity contribution in [2.75, 3.05) is 24.2 Å². The van der Waals surface area contributed by atoms with Gasteiger partial charge in [-0.2, -0.15) is 0 Å². The summed E-state index contributed by atoms with van der Waals surface area (Å²) >= 11 is 0. The molecule has 0 unspecified atom stereocenters. The Balaban J connectivity index is 2.04. The molecule has 1 saturated heterocycles. The second-order valence-electron chi connectivity index (χ2n) is 7.37. The first-order valence-electron chi connectivity index (χ1n) is 10.3. The first kappa shape index (κ1) is 27.3. The minimum Gasteiger partial charge on any atom is -0.463 e. The highest BCUT2D eigenvalue weighted by atomic mass is 19.1. The van der Waals surface area contributed by atoms with Gasteiger partial charge in [-0.05, 0) is 24.3 Å². The zero-order valence-electron chi connectivity index (χ0n) is 19.1. The van der Waals surface area contributed by atoms with Gasteiger partial charge in [0.05, 0.1) is 0 Å². The molecule has 14 heteroatoms. The number of amides is 2. The fraction of sp³-hybridized carbons (Fsp3) is 0.476. The van der Waals surface area contributed by atoms with Crippen LogP contribution >= 0.6 is 0 Å². The third-order valence-corrected chi connectivity index (χ3v) is 4.44. The van der Waals surface area contributed by atoms with Crippen molar-refractivity contribution in [2.45, 2.75) is 51.5 Å². The van der Waals surface area contributed by atoms with Crippen LogP contribution in [0.3, 0.4) is 0 Å². The molecule has 0 bridgehead atoms. The van der Waals surface area contributed by atoms with E-state index in [1.165, 1.54) is 0 Å². The molecule has 0 saturated carbocycles. The topological polar surface area (TPSA) is 182 Å². The monoisotopic (exact) mass is 499 g/mol. The van der Waals surface area contributed by atoms with Gasteiger partial charge in [0.15, 0.2) is 12.2 Å². The van der Waals surface area contributed by atoms with Crippen molar-refractivity contribution < 1.29 is 52.0 Å². The van der Waals surface area contributed by atoms with Gasteiger partial charge in [0, 0.05) is 32.1 Å². The first-order valence-corrected chi connectivity index (χ1v) is 10.3. The molecule has 1 heterocycles. The maximum atomic E-state index is 15.1. The van der Waals surface area contributed by atoms with Crippen LogP contribution in [0.15, 0.2) is 24.3 Å². The number of nitrogens with two attached hydrogens (primary N) is 1. The van der Waals surface area contributed by atoms with E-state index in [1.54, 1.807) is 24.3 Å². The minimum atomic E-state index is -2.29. The molecule has 1 fully saturated rings. The average molecular weight is 499 g/mol. The molecule has 5 atom stereocenters. The van der Waals surface area contributed by atoms with Gasteiger partial charge in [-0.25, -0.2) is 9.18 Å². The van der Waals surface area contributed by atoms with Crippen LogP contribution in [0.4, 0.5) is 20.6 Å². The lowest BCUT2D eigenvalue weighted by molar-refractivity contribution is -0.278. The normalized spacial score (nSPS) is 23.4. The smallest absolute Gasteiger partial charge is 0.410 e. The predicted molar refractivity (Wildman–Crippen MR) is 115 cm³/mol. The van der Waals surface area contributed by atoms with Gasteiger partial charge >= 0.3 is 24.0 Å². The largest absolute Gasteiger partial charge is 0.463 e. The number of hydrogen-bond acceptors (Lipinski definition) is 11. The van der Waals surface area contributed by atoms with Crippen LogP contribution in [-0.2, 0) is 42.9 Å². The molecule has 1 aromatic carbocycles. The number of carbonyl (C=O) groups excluding carboxylic acids is 5. The number of nitrogens with one attached hydrogen (secondary N) is 2. The van der Waals surface area contributed by atoms with E-state index < -0.39 is 73.8 Å². The van der Waals surface area contributed by atoms with E-state index in [1.807, 2.05) is 0 Å². The van der Waals surface area contributed by atoms with Gasteiger partial charge in [-0.1, -0.05) is 0 Å². The molecular weight excluding hydrogens is 473 g/mol. The molecule has 0 aromatic heterocycles. The summed E-state index contributed by atoms with van der Waals surface area (Å²) in [5.41, 5.74) is 6.48. The van der Waals surface area contributed by atoms with Crippen LogP contribution in [-0.4, -0.2) is 73.8 Å². The standard InChI is InChI=1S/C21H26FN3O10/c1-10(26)31-9-15-18(32-11(2)27)19(33-12(3)28)17(22)20(34-15)35-21(30)24-8-16(29)25-14-6-4-13(23)5-7-14/h4-7,15,17-20H,8-9,23H2,1-3H3,(H,24,30)(H,25,29)/t15-,17-,18-,19-,20+/m1/s1. The number of alkyl halides is 1. The van der Waals surface area contributed by atoms with E-state index in [4.69, 9.17) is 29.4 Å². The summed E-state index contributed by atoms with van der Waals surface area (Å²) in [5.74, 6) is -3.09. The van der Waals surface area contributed by atoms with Crippen molar-refractivity contribution in [3.8, 4) is 0 Å². The number of nitrogen functional groups attached to an aromatic ring is 1. The lowest BCUT2D eigenvalue weighted by Crippen LogP contribution is -2.61. The first-order chi connectivity index (χ1) is 16.5. The van der Waals surface area contributed by atoms with Crippen molar-refractivity contribution in [3.63, 3.8) is 0 Å². The quantitative estimate of drug-likeness (QED) is 0.256. The maximum absolute atomic E-state index is 15.1. The summed E-state index contributed by atoms with van der Waals surface area (Å²) in [6, 6.07) is 6.22. The van der Waals surface area contributed by atoms with Gasteiger partial charge in [0.1, 0.15) is 19.3 Å². The van der Waals surface area contributed by atoms with Crippen LogP contribution in [0.1, 0.15) is 20.8 Å². The Kier molecular flexibility index (Phi) is 9.75. The molecule has 192 valence electrons. The molecule has 1 aromatic rings. The molecule has 0 radical (unpaired) electrons. The summed E-state index contributed by atoms with van der Waals surface area (Å²) < 4.78 is 40.2. The number of rotatable bonds is 8.